The first-order chi connectivity index (χ1) is 17.0. The van der Waals surface area contributed by atoms with Crippen molar-refractivity contribution in [2.45, 2.75) is 39.7 Å². The number of fused-ring (bicyclic) bond motifs is 2. The first kappa shape index (κ1) is 24.2. The van der Waals surface area contributed by atoms with E-state index in [2.05, 4.69) is 10.1 Å². The summed E-state index contributed by atoms with van der Waals surface area (Å²) < 4.78 is 8.99. The van der Waals surface area contributed by atoms with Gasteiger partial charge in [-0.2, -0.15) is 5.10 Å². The second-order valence-corrected chi connectivity index (χ2v) is 11.1. The van der Waals surface area contributed by atoms with E-state index in [-0.39, 0.29) is 6.42 Å². The molecule has 0 amide bonds. The van der Waals surface area contributed by atoms with Gasteiger partial charge in [0.2, 0.25) is 0 Å². The summed E-state index contributed by atoms with van der Waals surface area (Å²) in [6.07, 6.45) is 3.38. The molecule has 0 fully saturated rings. The lowest BCUT2D eigenvalue weighted by molar-refractivity contribution is -0.136. The molecule has 0 aliphatic heterocycles. The van der Waals surface area contributed by atoms with Gasteiger partial charge in [0.05, 0.1) is 22.2 Å². The van der Waals surface area contributed by atoms with E-state index in [1.165, 1.54) is 11.3 Å². The molecule has 5 aromatic rings. The van der Waals surface area contributed by atoms with Crippen LogP contribution in [0.2, 0.25) is 5.02 Å². The summed E-state index contributed by atoms with van der Waals surface area (Å²) in [4.78, 5) is 21.2. The zero-order valence-corrected chi connectivity index (χ0v) is 22.2. The van der Waals surface area contributed by atoms with Crippen molar-refractivity contribution in [1.82, 2.24) is 19.7 Å². The molecule has 3 aromatic heterocycles. The second kappa shape index (κ2) is 8.87. The van der Waals surface area contributed by atoms with Gasteiger partial charge in [0, 0.05) is 41.0 Å². The number of benzene rings is 2. The molecule has 9 heteroatoms. The maximum absolute atomic E-state index is 11.9. The Morgan fingerprint density at radius 2 is 1.97 bits per heavy atom. The van der Waals surface area contributed by atoms with E-state index < -0.39 is 11.6 Å². The highest BCUT2D eigenvalue weighted by molar-refractivity contribution is 7.22. The Hall–Kier alpha value is -3.49. The average molecular weight is 521 g/mol. The standard InChI is InChI=1S/C27H25ClN4O3S/c1-14-10-20-25(36-26(30-20)24-18-13-29-9-8-19(18)31-32(24)5)23(17(14)12-22(33)34)16-7-6-15(28)11-21(16)35-27(2,3)4/h6-11,13H,12H2,1-5H3,(H,33,34). The number of rotatable bonds is 5. The minimum Gasteiger partial charge on any atom is -0.487 e. The number of aliphatic carboxylic acids is 1. The van der Waals surface area contributed by atoms with Crippen LogP contribution in [0.3, 0.4) is 0 Å². The van der Waals surface area contributed by atoms with Crippen LogP contribution in [0, 0.1) is 6.92 Å². The summed E-state index contributed by atoms with van der Waals surface area (Å²) in [7, 11) is 1.89. The third kappa shape index (κ3) is 4.42. The van der Waals surface area contributed by atoms with Crippen LogP contribution >= 0.6 is 22.9 Å². The fourth-order valence-corrected chi connectivity index (χ4v) is 5.80. The van der Waals surface area contributed by atoms with Gasteiger partial charge in [0.1, 0.15) is 22.1 Å². The molecule has 1 N–H and O–H groups in total. The Bertz CT molecular complexity index is 1650. The number of ether oxygens (including phenoxy) is 1. The maximum Gasteiger partial charge on any atom is 0.307 e. The van der Waals surface area contributed by atoms with Gasteiger partial charge in [0.25, 0.3) is 0 Å². The first-order valence-corrected chi connectivity index (χ1v) is 12.6. The summed E-state index contributed by atoms with van der Waals surface area (Å²) in [5.74, 6) is -0.307. The molecule has 0 saturated heterocycles. The highest BCUT2D eigenvalue weighted by Crippen LogP contribution is 2.45. The van der Waals surface area contributed by atoms with Gasteiger partial charge < -0.3 is 9.84 Å². The van der Waals surface area contributed by atoms with E-state index in [0.29, 0.717) is 10.8 Å². The Morgan fingerprint density at radius 1 is 1.19 bits per heavy atom. The summed E-state index contributed by atoms with van der Waals surface area (Å²) in [6, 6.07) is 9.30. The van der Waals surface area contributed by atoms with Crippen LogP contribution in [0.25, 0.3) is 42.9 Å². The smallest absolute Gasteiger partial charge is 0.307 e. The van der Waals surface area contributed by atoms with Crippen molar-refractivity contribution in [3.05, 3.63) is 58.9 Å². The molecule has 0 bridgehead atoms. The van der Waals surface area contributed by atoms with Crippen molar-refractivity contribution >= 4 is 50.0 Å². The highest BCUT2D eigenvalue weighted by Gasteiger charge is 2.25. The summed E-state index contributed by atoms with van der Waals surface area (Å²) in [5.41, 5.74) is 5.17. The number of aromatic nitrogens is 4. The fourth-order valence-electron chi connectivity index (χ4n) is 4.41. The van der Waals surface area contributed by atoms with E-state index in [1.807, 2.05) is 57.6 Å². The van der Waals surface area contributed by atoms with Crippen LogP contribution < -0.4 is 4.74 Å². The molecule has 0 aliphatic carbocycles. The number of aryl methyl sites for hydroxylation is 2. The number of hydrogen-bond acceptors (Lipinski definition) is 6. The Kier molecular flexibility index (Phi) is 5.97. The molecule has 184 valence electrons. The van der Waals surface area contributed by atoms with Crippen LogP contribution in [0.5, 0.6) is 5.75 Å². The van der Waals surface area contributed by atoms with E-state index in [9.17, 15) is 9.90 Å². The monoisotopic (exact) mass is 520 g/mol. The molecular formula is C27H25ClN4O3S. The molecule has 2 aromatic carbocycles. The zero-order chi connectivity index (χ0) is 25.8. The van der Waals surface area contributed by atoms with E-state index in [1.54, 1.807) is 24.5 Å². The summed E-state index contributed by atoms with van der Waals surface area (Å²) >= 11 is 7.86. The minimum atomic E-state index is -0.903. The van der Waals surface area contributed by atoms with Gasteiger partial charge in [-0.1, -0.05) is 11.6 Å². The predicted octanol–water partition coefficient (Wildman–Crippen LogP) is 6.68. The molecule has 0 unspecified atom stereocenters. The summed E-state index contributed by atoms with van der Waals surface area (Å²) in [5, 5.41) is 16.6. The second-order valence-electron chi connectivity index (χ2n) is 9.70. The SMILES string of the molecule is Cc1cc2nc(-c3c4cnccc4nn3C)sc2c(-c2ccc(Cl)cc2OC(C)(C)C)c1CC(=O)O. The number of carbonyl (C=O) groups is 1. The Morgan fingerprint density at radius 3 is 2.69 bits per heavy atom. The molecule has 5 rings (SSSR count). The average Bonchev–Trinajstić information content (AvgIpc) is 3.32. The van der Waals surface area contributed by atoms with Crippen LogP contribution in [0.1, 0.15) is 31.9 Å². The molecule has 0 radical (unpaired) electrons. The number of pyridine rings is 1. The molecule has 36 heavy (non-hydrogen) atoms. The van der Waals surface area contributed by atoms with Gasteiger partial charge in [-0.15, -0.1) is 11.3 Å². The number of carboxylic acids is 1. The molecule has 0 atom stereocenters. The quantitative estimate of drug-likeness (QED) is 0.278. The number of halogens is 1. The van der Waals surface area contributed by atoms with Crippen LogP contribution in [-0.4, -0.2) is 36.4 Å². The van der Waals surface area contributed by atoms with Crippen molar-refractivity contribution in [3.63, 3.8) is 0 Å². The van der Waals surface area contributed by atoms with Gasteiger partial charge in [-0.05, 0) is 69.2 Å². The van der Waals surface area contributed by atoms with Crippen molar-refractivity contribution < 1.29 is 14.6 Å². The van der Waals surface area contributed by atoms with Crippen molar-refractivity contribution in [1.29, 1.82) is 0 Å². The molecule has 7 nitrogen and oxygen atoms in total. The molecule has 0 spiro atoms. The zero-order valence-electron chi connectivity index (χ0n) is 20.6. The van der Waals surface area contributed by atoms with Crippen LogP contribution in [0.4, 0.5) is 0 Å². The van der Waals surface area contributed by atoms with Gasteiger partial charge in [0.15, 0.2) is 0 Å². The summed E-state index contributed by atoms with van der Waals surface area (Å²) in [6.45, 7) is 7.82. The lowest BCUT2D eigenvalue weighted by atomic mass is 9.92. The molecule has 3 heterocycles. The lowest BCUT2D eigenvalue weighted by Crippen LogP contribution is -2.23. The molecule has 0 aliphatic rings. The third-order valence-corrected chi connectivity index (χ3v) is 7.14. The van der Waals surface area contributed by atoms with E-state index in [4.69, 9.17) is 21.3 Å². The van der Waals surface area contributed by atoms with Gasteiger partial charge >= 0.3 is 5.97 Å². The normalized spacial score (nSPS) is 11.9. The number of hydrogen-bond donors (Lipinski definition) is 1. The van der Waals surface area contributed by atoms with Crippen molar-refractivity contribution in [3.8, 4) is 27.6 Å². The van der Waals surface area contributed by atoms with Crippen molar-refractivity contribution in [2.24, 2.45) is 7.05 Å². The number of thiazole rings is 1. The third-order valence-electron chi connectivity index (χ3n) is 5.81. The van der Waals surface area contributed by atoms with E-state index in [0.717, 1.165) is 54.1 Å². The minimum absolute atomic E-state index is 0.125. The molecular weight excluding hydrogens is 496 g/mol. The molecule has 0 saturated carbocycles. The first-order valence-electron chi connectivity index (χ1n) is 11.4. The van der Waals surface area contributed by atoms with Gasteiger partial charge in [-0.3, -0.25) is 14.5 Å². The topological polar surface area (TPSA) is 90.1 Å². The van der Waals surface area contributed by atoms with Crippen LogP contribution in [-0.2, 0) is 18.3 Å². The maximum atomic E-state index is 11.9. The highest BCUT2D eigenvalue weighted by atomic mass is 35.5. The van der Waals surface area contributed by atoms with Crippen molar-refractivity contribution in [2.75, 3.05) is 0 Å². The number of nitrogens with zero attached hydrogens (tertiary/aromatic N) is 4. The lowest BCUT2D eigenvalue weighted by Gasteiger charge is -2.24. The fraction of sp³-hybridized carbons (Fsp3) is 0.259. The van der Waals surface area contributed by atoms with E-state index >= 15 is 0 Å². The number of carboxylic acid groups (broad SMARTS) is 1. The van der Waals surface area contributed by atoms with Gasteiger partial charge in [-0.25, -0.2) is 4.98 Å². The largest absolute Gasteiger partial charge is 0.487 e. The Balaban J connectivity index is 1.84. The Labute approximate surface area is 217 Å². The predicted molar refractivity (Wildman–Crippen MR) is 144 cm³/mol. The van der Waals surface area contributed by atoms with Crippen LogP contribution in [0.15, 0.2) is 42.7 Å².